The summed E-state index contributed by atoms with van der Waals surface area (Å²) in [5, 5.41) is 13.9. The van der Waals surface area contributed by atoms with Gasteiger partial charge in [-0.3, -0.25) is 25.1 Å². The molecule has 0 bridgehead atoms. The van der Waals surface area contributed by atoms with Gasteiger partial charge in [0.25, 0.3) is 17.5 Å². The number of nitrogens with one attached hydrogen (secondary N) is 2. The normalized spacial score (nSPS) is 25.3. The molecule has 1 saturated heterocycles. The number of rotatable bonds is 3. The molecule has 4 amide bonds. The van der Waals surface area contributed by atoms with Gasteiger partial charge in [-0.15, -0.1) is 0 Å². The van der Waals surface area contributed by atoms with E-state index in [9.17, 15) is 24.5 Å². The number of benzene rings is 1. The second-order valence-electron chi connectivity index (χ2n) is 6.70. The van der Waals surface area contributed by atoms with Gasteiger partial charge in [-0.05, 0) is 37.7 Å². The molecule has 9 nitrogen and oxygen atoms in total. The molecule has 1 spiro atoms. The monoisotopic (exact) mass is 380 g/mol. The molecule has 10 heteroatoms. The van der Waals surface area contributed by atoms with Crippen LogP contribution >= 0.6 is 11.6 Å². The maximum Gasteiger partial charge on any atom is 0.344 e. The lowest BCUT2D eigenvalue weighted by molar-refractivity contribution is -0.384. The number of imide groups is 1. The number of carbonyl (C=O) groups excluding carboxylic acids is 3. The van der Waals surface area contributed by atoms with Crippen LogP contribution in [0.4, 0.5) is 10.5 Å². The highest BCUT2D eigenvalue weighted by molar-refractivity contribution is 6.34. The van der Waals surface area contributed by atoms with Crippen molar-refractivity contribution in [1.29, 1.82) is 0 Å². The minimum absolute atomic E-state index is 0.0731. The molecule has 0 atom stereocenters. The summed E-state index contributed by atoms with van der Waals surface area (Å²) >= 11 is 5.92. The topological polar surface area (TPSA) is 122 Å². The minimum atomic E-state index is -0.976. The molecule has 2 N–H and O–H groups in total. The third kappa shape index (κ3) is 3.10. The number of amides is 4. The van der Waals surface area contributed by atoms with Crippen molar-refractivity contribution in [2.24, 2.45) is 5.92 Å². The Bertz CT molecular complexity index is 804. The lowest BCUT2D eigenvalue weighted by Gasteiger charge is -2.33. The van der Waals surface area contributed by atoms with E-state index >= 15 is 0 Å². The molecule has 138 valence electrons. The van der Waals surface area contributed by atoms with Crippen LogP contribution in [-0.4, -0.2) is 33.3 Å². The Kier molecular flexibility index (Phi) is 4.57. The highest BCUT2D eigenvalue weighted by Crippen LogP contribution is 2.36. The third-order valence-corrected chi connectivity index (χ3v) is 5.22. The molecule has 0 radical (unpaired) electrons. The van der Waals surface area contributed by atoms with Crippen molar-refractivity contribution >= 4 is 35.1 Å². The standard InChI is InChI=1S/C16H17ClN4O5/c1-9-4-6-16(7-5-9)14(23)20(15(24)18-16)19-13(22)11-3-2-10(21(25)26)8-12(11)17/h2-3,8-9H,4-7H2,1H3,(H,18,24)(H,19,22). The first-order valence-electron chi connectivity index (χ1n) is 8.15. The van der Waals surface area contributed by atoms with Crippen LogP contribution in [0.5, 0.6) is 0 Å². The number of nitro groups is 1. The summed E-state index contributed by atoms with van der Waals surface area (Å²) < 4.78 is 0. The van der Waals surface area contributed by atoms with Crippen LogP contribution in [-0.2, 0) is 4.79 Å². The Balaban J connectivity index is 1.76. The summed E-state index contributed by atoms with van der Waals surface area (Å²) in [6, 6.07) is 2.63. The first kappa shape index (κ1) is 18.1. The lowest BCUT2D eigenvalue weighted by Crippen LogP contribution is -2.51. The fraction of sp³-hybridized carbons (Fsp3) is 0.438. The van der Waals surface area contributed by atoms with Crippen molar-refractivity contribution in [3.8, 4) is 0 Å². The van der Waals surface area contributed by atoms with Crippen LogP contribution in [0, 0.1) is 16.0 Å². The van der Waals surface area contributed by atoms with Crippen LogP contribution in [0.1, 0.15) is 43.0 Å². The van der Waals surface area contributed by atoms with Gasteiger partial charge in [0.2, 0.25) is 0 Å². The van der Waals surface area contributed by atoms with E-state index in [1.165, 1.54) is 6.07 Å². The molecule has 1 aliphatic heterocycles. The zero-order valence-corrected chi connectivity index (χ0v) is 14.7. The maximum absolute atomic E-state index is 12.7. The molecule has 26 heavy (non-hydrogen) atoms. The lowest BCUT2D eigenvalue weighted by atomic mass is 9.77. The van der Waals surface area contributed by atoms with E-state index in [0.29, 0.717) is 23.8 Å². The summed E-state index contributed by atoms with van der Waals surface area (Å²) in [7, 11) is 0. The summed E-state index contributed by atoms with van der Waals surface area (Å²) in [5.74, 6) is -0.816. The van der Waals surface area contributed by atoms with Gasteiger partial charge in [0.1, 0.15) is 5.54 Å². The van der Waals surface area contributed by atoms with Gasteiger partial charge in [0, 0.05) is 12.1 Å². The number of halogens is 1. The highest BCUT2D eigenvalue weighted by atomic mass is 35.5. The van der Waals surface area contributed by atoms with Gasteiger partial charge in [-0.1, -0.05) is 18.5 Å². The van der Waals surface area contributed by atoms with Crippen LogP contribution in [0.25, 0.3) is 0 Å². The van der Waals surface area contributed by atoms with Gasteiger partial charge in [-0.2, -0.15) is 5.01 Å². The van der Waals surface area contributed by atoms with Crippen LogP contribution in [0.3, 0.4) is 0 Å². The minimum Gasteiger partial charge on any atom is -0.322 e. The quantitative estimate of drug-likeness (QED) is 0.473. The number of hydrogen-bond acceptors (Lipinski definition) is 5. The number of hydrogen-bond donors (Lipinski definition) is 2. The summed E-state index contributed by atoms with van der Waals surface area (Å²) in [6.07, 6.45) is 2.65. The SMILES string of the molecule is CC1CCC2(CC1)NC(=O)N(NC(=O)c1ccc([N+](=O)[O-])cc1Cl)C2=O. The van der Waals surface area contributed by atoms with E-state index in [1.54, 1.807) is 0 Å². The van der Waals surface area contributed by atoms with Crippen LogP contribution in [0.2, 0.25) is 5.02 Å². The van der Waals surface area contributed by atoms with Crippen molar-refractivity contribution < 1.29 is 19.3 Å². The fourth-order valence-corrected chi connectivity index (χ4v) is 3.54. The second-order valence-corrected chi connectivity index (χ2v) is 7.10. The Morgan fingerprint density at radius 2 is 2.04 bits per heavy atom. The molecule has 1 aromatic rings. The molecule has 1 heterocycles. The van der Waals surface area contributed by atoms with Gasteiger partial charge in [0.15, 0.2) is 0 Å². The predicted molar refractivity (Wildman–Crippen MR) is 91.3 cm³/mol. The van der Waals surface area contributed by atoms with E-state index in [1.807, 2.05) is 0 Å². The zero-order chi connectivity index (χ0) is 19.1. The number of non-ortho nitro benzene ring substituents is 1. The second kappa shape index (κ2) is 6.56. The summed E-state index contributed by atoms with van der Waals surface area (Å²) in [4.78, 5) is 47.4. The average Bonchev–Trinajstić information content (AvgIpc) is 2.81. The molecule has 1 saturated carbocycles. The summed E-state index contributed by atoms with van der Waals surface area (Å²) in [6.45, 7) is 2.09. The molecule has 3 rings (SSSR count). The van der Waals surface area contributed by atoms with Gasteiger partial charge >= 0.3 is 6.03 Å². The molecule has 0 aromatic heterocycles. The molecular formula is C16H17ClN4O5. The van der Waals surface area contributed by atoms with E-state index in [2.05, 4.69) is 17.7 Å². The first-order valence-corrected chi connectivity index (χ1v) is 8.53. The Morgan fingerprint density at radius 3 is 2.62 bits per heavy atom. The zero-order valence-electron chi connectivity index (χ0n) is 14.0. The maximum atomic E-state index is 12.7. The molecule has 2 aliphatic rings. The largest absolute Gasteiger partial charge is 0.344 e. The number of urea groups is 1. The highest BCUT2D eigenvalue weighted by Gasteiger charge is 2.53. The van der Waals surface area contributed by atoms with Crippen LogP contribution < -0.4 is 10.7 Å². The van der Waals surface area contributed by atoms with Crippen molar-refractivity contribution in [3.63, 3.8) is 0 Å². The van der Waals surface area contributed by atoms with Crippen molar-refractivity contribution in [2.75, 3.05) is 0 Å². The van der Waals surface area contributed by atoms with Gasteiger partial charge < -0.3 is 5.32 Å². The number of carbonyl (C=O) groups is 3. The Morgan fingerprint density at radius 1 is 1.38 bits per heavy atom. The molecule has 1 aromatic carbocycles. The predicted octanol–water partition coefficient (Wildman–Crippen LogP) is 2.39. The summed E-state index contributed by atoms with van der Waals surface area (Å²) in [5.41, 5.74) is 0.930. The fourth-order valence-electron chi connectivity index (χ4n) is 3.28. The Hall–Kier alpha value is -2.68. The average molecular weight is 381 g/mol. The number of nitrogens with zero attached hydrogens (tertiary/aromatic N) is 2. The van der Waals surface area contributed by atoms with E-state index in [-0.39, 0.29) is 16.3 Å². The van der Waals surface area contributed by atoms with E-state index in [4.69, 9.17) is 11.6 Å². The molecule has 2 fully saturated rings. The van der Waals surface area contributed by atoms with Crippen LogP contribution in [0.15, 0.2) is 18.2 Å². The van der Waals surface area contributed by atoms with E-state index < -0.39 is 28.3 Å². The van der Waals surface area contributed by atoms with Crippen molar-refractivity contribution in [1.82, 2.24) is 15.8 Å². The smallest absolute Gasteiger partial charge is 0.322 e. The molecular weight excluding hydrogens is 364 g/mol. The van der Waals surface area contributed by atoms with Gasteiger partial charge in [0.05, 0.1) is 15.5 Å². The number of nitro benzene ring substituents is 1. The van der Waals surface area contributed by atoms with Crippen molar-refractivity contribution in [2.45, 2.75) is 38.1 Å². The third-order valence-electron chi connectivity index (χ3n) is 4.91. The van der Waals surface area contributed by atoms with Gasteiger partial charge in [-0.25, -0.2) is 4.79 Å². The van der Waals surface area contributed by atoms with E-state index in [0.717, 1.165) is 25.0 Å². The Labute approximate surface area is 153 Å². The first-order chi connectivity index (χ1) is 12.2. The molecule has 0 unspecified atom stereocenters. The number of hydrazine groups is 1. The molecule has 1 aliphatic carbocycles. The van der Waals surface area contributed by atoms with Crippen molar-refractivity contribution in [3.05, 3.63) is 38.9 Å².